The molecule has 0 radical (unpaired) electrons. The summed E-state index contributed by atoms with van der Waals surface area (Å²) >= 11 is 3.41. The van der Waals surface area contributed by atoms with Gasteiger partial charge in [0.15, 0.2) is 0 Å². The minimum atomic E-state index is -0.134. The summed E-state index contributed by atoms with van der Waals surface area (Å²) in [7, 11) is 2.05. The highest BCUT2D eigenvalue weighted by Gasteiger charge is 2.31. The summed E-state index contributed by atoms with van der Waals surface area (Å²) in [5, 5.41) is 0. The van der Waals surface area contributed by atoms with Gasteiger partial charge in [0.2, 0.25) is 0 Å². The monoisotopic (exact) mass is 300 g/mol. The molecule has 0 saturated carbocycles. The minimum Gasteiger partial charge on any atom is -0.330 e. The third kappa shape index (κ3) is 2.69. The van der Waals surface area contributed by atoms with Crippen molar-refractivity contribution in [2.45, 2.75) is 18.9 Å². The smallest absolute Gasteiger partial charge is 0.128 e. The lowest BCUT2D eigenvalue weighted by molar-refractivity contribution is 0.122. The molecule has 1 aliphatic rings. The molecular weight excluding hydrogens is 283 g/mol. The summed E-state index contributed by atoms with van der Waals surface area (Å²) in [5.74, 6) is 0.211. The van der Waals surface area contributed by atoms with E-state index in [9.17, 15) is 4.39 Å². The van der Waals surface area contributed by atoms with E-state index >= 15 is 0 Å². The number of rotatable bonds is 2. The van der Waals surface area contributed by atoms with Crippen molar-refractivity contribution < 1.29 is 4.39 Å². The van der Waals surface area contributed by atoms with Crippen LogP contribution in [-0.2, 0) is 0 Å². The van der Waals surface area contributed by atoms with E-state index < -0.39 is 0 Å². The molecule has 0 bridgehead atoms. The van der Waals surface area contributed by atoms with Crippen LogP contribution < -0.4 is 5.73 Å². The molecular formula is C13H18BrFN2. The number of nitrogens with zero attached hydrogens (tertiary/aromatic N) is 1. The molecule has 1 aromatic carbocycles. The van der Waals surface area contributed by atoms with E-state index in [1.807, 2.05) is 13.1 Å². The molecule has 1 saturated heterocycles. The van der Waals surface area contributed by atoms with E-state index in [0.29, 0.717) is 12.5 Å². The van der Waals surface area contributed by atoms with Gasteiger partial charge in [-0.3, -0.25) is 4.90 Å². The van der Waals surface area contributed by atoms with E-state index in [1.165, 1.54) is 6.07 Å². The summed E-state index contributed by atoms with van der Waals surface area (Å²) in [6.45, 7) is 1.62. The third-order valence-corrected chi connectivity index (χ3v) is 4.08. The molecule has 2 rings (SSSR count). The Kier molecular flexibility index (Phi) is 4.17. The van der Waals surface area contributed by atoms with E-state index in [1.54, 1.807) is 6.07 Å². The lowest BCUT2D eigenvalue weighted by Gasteiger charge is -2.39. The molecule has 4 heteroatoms. The van der Waals surface area contributed by atoms with Crippen LogP contribution in [-0.4, -0.2) is 25.0 Å². The zero-order valence-electron chi connectivity index (χ0n) is 10.00. The zero-order chi connectivity index (χ0) is 12.4. The second kappa shape index (κ2) is 5.46. The first kappa shape index (κ1) is 13.0. The first-order valence-electron chi connectivity index (χ1n) is 5.98. The van der Waals surface area contributed by atoms with Gasteiger partial charge < -0.3 is 5.73 Å². The van der Waals surface area contributed by atoms with Crippen molar-refractivity contribution in [1.29, 1.82) is 0 Å². The summed E-state index contributed by atoms with van der Waals surface area (Å²) < 4.78 is 14.9. The van der Waals surface area contributed by atoms with Crippen LogP contribution >= 0.6 is 15.9 Å². The summed E-state index contributed by atoms with van der Waals surface area (Å²) in [6.07, 6.45) is 2.22. The lowest BCUT2D eigenvalue weighted by Crippen LogP contribution is -2.39. The number of nitrogens with two attached hydrogens (primary N) is 1. The van der Waals surface area contributed by atoms with Crippen LogP contribution in [0.25, 0.3) is 0 Å². The zero-order valence-corrected chi connectivity index (χ0v) is 11.6. The highest BCUT2D eigenvalue weighted by atomic mass is 79.9. The minimum absolute atomic E-state index is 0.103. The van der Waals surface area contributed by atoms with Crippen LogP contribution in [0.3, 0.4) is 0 Å². The molecule has 94 valence electrons. The number of likely N-dealkylation sites (tertiary alicyclic amines) is 1. The maximum atomic E-state index is 13.9. The fourth-order valence-electron chi connectivity index (χ4n) is 2.74. The van der Waals surface area contributed by atoms with Crippen molar-refractivity contribution >= 4 is 15.9 Å². The maximum absolute atomic E-state index is 13.9. The van der Waals surface area contributed by atoms with Crippen LogP contribution in [0, 0.1) is 11.7 Å². The number of halogens is 2. The van der Waals surface area contributed by atoms with Gasteiger partial charge in [-0.25, -0.2) is 4.39 Å². The van der Waals surface area contributed by atoms with Crippen LogP contribution in [0.15, 0.2) is 22.7 Å². The van der Waals surface area contributed by atoms with Crippen molar-refractivity contribution in [1.82, 2.24) is 4.90 Å². The largest absolute Gasteiger partial charge is 0.330 e. The molecule has 2 atom stereocenters. The van der Waals surface area contributed by atoms with E-state index in [-0.39, 0.29) is 11.9 Å². The molecule has 2 N–H and O–H groups in total. The third-order valence-electron chi connectivity index (χ3n) is 3.59. The molecule has 1 heterocycles. The Labute approximate surface area is 110 Å². The molecule has 1 fully saturated rings. The van der Waals surface area contributed by atoms with Gasteiger partial charge in [0.05, 0.1) is 0 Å². The summed E-state index contributed by atoms with van der Waals surface area (Å²) in [6, 6.07) is 5.24. The molecule has 0 aromatic heterocycles. The van der Waals surface area contributed by atoms with Crippen molar-refractivity contribution in [3.05, 3.63) is 34.1 Å². The van der Waals surface area contributed by atoms with Crippen LogP contribution in [0.2, 0.25) is 0 Å². The molecule has 2 nitrogen and oxygen atoms in total. The fourth-order valence-corrected chi connectivity index (χ4v) is 3.12. The normalized spacial score (nSPS) is 26.1. The SMILES string of the molecule is CN1CCCC(CN)C1c1cc(Br)ccc1F. The number of hydrogen-bond donors (Lipinski definition) is 1. The quantitative estimate of drug-likeness (QED) is 0.910. The number of hydrogen-bond acceptors (Lipinski definition) is 2. The van der Waals surface area contributed by atoms with Crippen molar-refractivity contribution in [2.24, 2.45) is 11.7 Å². The van der Waals surface area contributed by atoms with Crippen molar-refractivity contribution in [3.63, 3.8) is 0 Å². The average Bonchev–Trinajstić information content (AvgIpc) is 2.32. The summed E-state index contributed by atoms with van der Waals surface area (Å²) in [4.78, 5) is 2.21. The number of benzene rings is 1. The van der Waals surface area contributed by atoms with Gasteiger partial charge in [-0.15, -0.1) is 0 Å². The predicted molar refractivity (Wildman–Crippen MR) is 71.2 cm³/mol. The van der Waals surface area contributed by atoms with Crippen LogP contribution in [0.5, 0.6) is 0 Å². The molecule has 17 heavy (non-hydrogen) atoms. The van der Waals surface area contributed by atoms with Crippen LogP contribution in [0.1, 0.15) is 24.4 Å². The van der Waals surface area contributed by atoms with Crippen molar-refractivity contribution in [2.75, 3.05) is 20.1 Å². The van der Waals surface area contributed by atoms with Gasteiger partial charge >= 0.3 is 0 Å². The number of piperidine rings is 1. The molecule has 1 aromatic rings. The van der Waals surface area contributed by atoms with Crippen molar-refractivity contribution in [3.8, 4) is 0 Å². The summed E-state index contributed by atoms with van der Waals surface area (Å²) in [5.41, 5.74) is 6.58. The highest BCUT2D eigenvalue weighted by molar-refractivity contribution is 9.10. The first-order valence-corrected chi connectivity index (χ1v) is 6.78. The van der Waals surface area contributed by atoms with E-state index in [0.717, 1.165) is 29.4 Å². The molecule has 0 aliphatic carbocycles. The Bertz CT molecular complexity index is 397. The Morgan fingerprint density at radius 3 is 3.00 bits per heavy atom. The van der Waals surface area contributed by atoms with Gasteiger partial charge in [-0.05, 0) is 57.1 Å². The topological polar surface area (TPSA) is 29.3 Å². The highest BCUT2D eigenvalue weighted by Crippen LogP contribution is 2.36. The van der Waals surface area contributed by atoms with Gasteiger partial charge in [-0.1, -0.05) is 15.9 Å². The molecule has 2 unspecified atom stereocenters. The first-order chi connectivity index (χ1) is 8.13. The van der Waals surface area contributed by atoms with Gasteiger partial charge in [0.25, 0.3) is 0 Å². The Balaban J connectivity index is 2.37. The van der Waals surface area contributed by atoms with E-state index in [2.05, 4.69) is 20.8 Å². The Morgan fingerprint density at radius 1 is 1.53 bits per heavy atom. The molecule has 1 aliphatic heterocycles. The molecule has 0 spiro atoms. The van der Waals surface area contributed by atoms with Gasteiger partial charge in [0, 0.05) is 16.1 Å². The predicted octanol–water partition coefficient (Wildman–Crippen LogP) is 2.93. The molecule has 0 amide bonds. The maximum Gasteiger partial charge on any atom is 0.128 e. The Hall–Kier alpha value is -0.450. The van der Waals surface area contributed by atoms with E-state index in [4.69, 9.17) is 5.73 Å². The second-order valence-corrected chi connectivity index (χ2v) is 5.64. The second-order valence-electron chi connectivity index (χ2n) is 4.73. The lowest BCUT2D eigenvalue weighted by atomic mass is 9.85. The van der Waals surface area contributed by atoms with Gasteiger partial charge in [-0.2, -0.15) is 0 Å². The standard InChI is InChI=1S/C13H18BrFN2/c1-17-6-2-3-9(8-16)13(17)11-7-10(14)4-5-12(11)15/h4-5,7,9,13H,2-3,6,8,16H2,1H3. The Morgan fingerprint density at radius 2 is 2.29 bits per heavy atom. The fraction of sp³-hybridized carbons (Fsp3) is 0.538. The van der Waals surface area contributed by atoms with Crippen LogP contribution in [0.4, 0.5) is 4.39 Å². The average molecular weight is 301 g/mol. The van der Waals surface area contributed by atoms with Gasteiger partial charge in [0.1, 0.15) is 5.82 Å².